The number of hydrogen-bond acceptors (Lipinski definition) is 4. The van der Waals surface area contributed by atoms with E-state index in [0.29, 0.717) is 18.7 Å². The van der Waals surface area contributed by atoms with E-state index < -0.39 is 0 Å². The zero-order valence-corrected chi connectivity index (χ0v) is 19.8. The highest BCUT2D eigenvalue weighted by molar-refractivity contribution is 14.0. The highest BCUT2D eigenvalue weighted by atomic mass is 127. The molecule has 1 amide bonds. The summed E-state index contributed by atoms with van der Waals surface area (Å²) in [6.45, 7) is 4.03. The quantitative estimate of drug-likeness (QED) is 0.283. The van der Waals surface area contributed by atoms with Crippen LogP contribution in [0.25, 0.3) is 5.65 Å². The Bertz CT molecular complexity index is 982. The monoisotopic (exact) mass is 521 g/mol. The molecule has 0 aliphatic carbocycles. The number of carbonyl (C=O) groups is 1. The smallest absolute Gasteiger partial charge is 0.253 e. The number of guanidine groups is 1. The number of halogens is 1. The maximum absolute atomic E-state index is 12.0. The fourth-order valence-corrected chi connectivity index (χ4v) is 2.88. The summed E-state index contributed by atoms with van der Waals surface area (Å²) in [6.07, 6.45) is 2.70. The van der Waals surface area contributed by atoms with Gasteiger partial charge in [0.1, 0.15) is 5.82 Å². The van der Waals surface area contributed by atoms with Gasteiger partial charge in [0, 0.05) is 45.4 Å². The fraction of sp³-hybridized carbons (Fsp3) is 0.333. The molecule has 3 aromatic rings. The minimum absolute atomic E-state index is 0. The van der Waals surface area contributed by atoms with E-state index in [9.17, 15) is 4.79 Å². The predicted molar refractivity (Wildman–Crippen MR) is 129 cm³/mol. The highest BCUT2D eigenvalue weighted by Gasteiger charge is 2.07. The molecule has 0 fully saturated rings. The van der Waals surface area contributed by atoms with Gasteiger partial charge in [0.2, 0.25) is 0 Å². The van der Waals surface area contributed by atoms with E-state index in [4.69, 9.17) is 0 Å². The topological polar surface area (TPSA) is 86.9 Å². The van der Waals surface area contributed by atoms with Crippen LogP contribution in [0, 0.1) is 0 Å². The molecule has 2 N–H and O–H groups in total. The summed E-state index contributed by atoms with van der Waals surface area (Å²) in [7, 11) is 3.49. The van der Waals surface area contributed by atoms with E-state index in [1.54, 1.807) is 19.0 Å². The SMILES string of the molecule is CCNC(=NCc1ccc(C(=O)N(C)C)cc1)NCCc1nnc2ccccn12.I. The van der Waals surface area contributed by atoms with Crippen LogP contribution in [0.5, 0.6) is 0 Å². The predicted octanol–water partition coefficient (Wildman–Crippen LogP) is 2.35. The van der Waals surface area contributed by atoms with E-state index in [1.807, 2.05) is 60.0 Å². The normalized spacial score (nSPS) is 11.1. The molecular weight excluding hydrogens is 493 g/mol. The van der Waals surface area contributed by atoms with Gasteiger partial charge in [0.05, 0.1) is 6.54 Å². The molecule has 0 bridgehead atoms. The van der Waals surface area contributed by atoms with Gasteiger partial charge < -0.3 is 15.5 Å². The van der Waals surface area contributed by atoms with E-state index >= 15 is 0 Å². The lowest BCUT2D eigenvalue weighted by Gasteiger charge is -2.12. The summed E-state index contributed by atoms with van der Waals surface area (Å²) in [5, 5.41) is 15.0. The van der Waals surface area contributed by atoms with Gasteiger partial charge in [-0.25, -0.2) is 4.99 Å². The average molecular weight is 521 g/mol. The van der Waals surface area contributed by atoms with E-state index in [2.05, 4.69) is 25.8 Å². The van der Waals surface area contributed by atoms with Gasteiger partial charge >= 0.3 is 0 Å². The Labute approximate surface area is 193 Å². The molecule has 9 heteroatoms. The highest BCUT2D eigenvalue weighted by Crippen LogP contribution is 2.07. The molecule has 160 valence electrons. The number of rotatable bonds is 7. The minimum atomic E-state index is -0.00365. The number of carbonyl (C=O) groups excluding carboxylic acids is 1. The second-order valence-corrected chi connectivity index (χ2v) is 6.81. The van der Waals surface area contributed by atoms with Crippen molar-refractivity contribution in [2.24, 2.45) is 4.99 Å². The van der Waals surface area contributed by atoms with Crippen molar-refractivity contribution in [3.63, 3.8) is 0 Å². The van der Waals surface area contributed by atoms with Crippen molar-refractivity contribution >= 4 is 41.5 Å². The molecule has 1 aromatic carbocycles. The number of nitrogens with one attached hydrogen (secondary N) is 2. The second kappa shape index (κ2) is 11.5. The van der Waals surface area contributed by atoms with Gasteiger partial charge in [-0.2, -0.15) is 0 Å². The van der Waals surface area contributed by atoms with Crippen LogP contribution in [0.2, 0.25) is 0 Å². The average Bonchev–Trinajstić information content (AvgIpc) is 3.15. The van der Waals surface area contributed by atoms with Crippen LogP contribution >= 0.6 is 24.0 Å². The van der Waals surface area contributed by atoms with Gasteiger partial charge in [-0.05, 0) is 36.8 Å². The van der Waals surface area contributed by atoms with E-state index in [1.165, 1.54) is 0 Å². The van der Waals surface area contributed by atoms with Crippen molar-refractivity contribution in [1.82, 2.24) is 30.1 Å². The lowest BCUT2D eigenvalue weighted by atomic mass is 10.1. The molecule has 2 heterocycles. The first kappa shape index (κ1) is 23.6. The summed E-state index contributed by atoms with van der Waals surface area (Å²) in [6, 6.07) is 13.4. The van der Waals surface area contributed by atoms with E-state index in [-0.39, 0.29) is 29.9 Å². The Kier molecular flexibility index (Phi) is 9.03. The number of fused-ring (bicyclic) bond motifs is 1. The van der Waals surface area contributed by atoms with Gasteiger partial charge in [-0.1, -0.05) is 18.2 Å². The Balaban J connectivity index is 0.00000320. The van der Waals surface area contributed by atoms with Crippen molar-refractivity contribution < 1.29 is 4.79 Å². The van der Waals surface area contributed by atoms with Crippen molar-refractivity contribution in [3.05, 3.63) is 65.6 Å². The molecule has 0 unspecified atom stereocenters. The fourth-order valence-electron chi connectivity index (χ4n) is 2.88. The Morgan fingerprint density at radius 2 is 1.87 bits per heavy atom. The van der Waals surface area contributed by atoms with E-state index in [0.717, 1.165) is 36.0 Å². The van der Waals surface area contributed by atoms with Gasteiger partial charge in [0.25, 0.3) is 5.91 Å². The van der Waals surface area contributed by atoms with Crippen molar-refractivity contribution in [3.8, 4) is 0 Å². The molecule has 0 radical (unpaired) electrons. The number of amides is 1. The van der Waals surface area contributed by atoms with Crippen molar-refractivity contribution in [2.75, 3.05) is 27.2 Å². The van der Waals surface area contributed by atoms with Crippen LogP contribution in [0.4, 0.5) is 0 Å². The largest absolute Gasteiger partial charge is 0.357 e. The van der Waals surface area contributed by atoms with Gasteiger partial charge in [-0.3, -0.25) is 9.20 Å². The third-order valence-electron chi connectivity index (χ3n) is 4.40. The Hall–Kier alpha value is -2.69. The van der Waals surface area contributed by atoms with Crippen molar-refractivity contribution in [2.45, 2.75) is 19.9 Å². The number of pyridine rings is 1. The number of hydrogen-bond donors (Lipinski definition) is 2. The van der Waals surface area contributed by atoms with Gasteiger partial charge in [-0.15, -0.1) is 34.2 Å². The molecule has 0 aliphatic heterocycles. The lowest BCUT2D eigenvalue weighted by Crippen LogP contribution is -2.38. The number of benzene rings is 1. The number of nitrogens with zero attached hydrogens (tertiary/aromatic N) is 5. The van der Waals surface area contributed by atoms with Crippen LogP contribution in [0.15, 0.2) is 53.7 Å². The molecule has 0 saturated heterocycles. The molecule has 0 aliphatic rings. The molecule has 0 saturated carbocycles. The van der Waals surface area contributed by atoms with Crippen LogP contribution in [-0.2, 0) is 13.0 Å². The molecule has 0 atom stereocenters. The maximum atomic E-state index is 12.0. The van der Waals surface area contributed by atoms with Crippen LogP contribution < -0.4 is 10.6 Å². The zero-order valence-electron chi connectivity index (χ0n) is 17.5. The van der Waals surface area contributed by atoms with Crippen LogP contribution in [0.1, 0.15) is 28.7 Å². The molecule has 30 heavy (non-hydrogen) atoms. The Morgan fingerprint density at radius 3 is 2.57 bits per heavy atom. The first-order valence-corrected chi connectivity index (χ1v) is 9.70. The summed E-state index contributed by atoms with van der Waals surface area (Å²) in [5.74, 6) is 1.65. The summed E-state index contributed by atoms with van der Waals surface area (Å²) in [5.41, 5.74) is 2.56. The Morgan fingerprint density at radius 1 is 1.10 bits per heavy atom. The molecule has 8 nitrogen and oxygen atoms in total. The second-order valence-electron chi connectivity index (χ2n) is 6.81. The molecule has 2 aromatic heterocycles. The molecule has 0 spiro atoms. The van der Waals surface area contributed by atoms with Crippen LogP contribution in [-0.4, -0.2) is 58.5 Å². The molecule has 3 rings (SSSR count). The molecular formula is C21H28IN7O. The van der Waals surface area contributed by atoms with Crippen molar-refractivity contribution in [1.29, 1.82) is 0 Å². The maximum Gasteiger partial charge on any atom is 0.253 e. The first-order valence-electron chi connectivity index (χ1n) is 9.70. The lowest BCUT2D eigenvalue weighted by molar-refractivity contribution is 0.0827. The zero-order chi connectivity index (χ0) is 20.6. The minimum Gasteiger partial charge on any atom is -0.357 e. The van der Waals surface area contributed by atoms with Crippen LogP contribution in [0.3, 0.4) is 0 Å². The third kappa shape index (κ3) is 6.15. The summed E-state index contributed by atoms with van der Waals surface area (Å²) >= 11 is 0. The summed E-state index contributed by atoms with van der Waals surface area (Å²) < 4.78 is 1.99. The number of aromatic nitrogens is 3. The first-order chi connectivity index (χ1) is 14.1. The van der Waals surface area contributed by atoms with Gasteiger partial charge in [0.15, 0.2) is 11.6 Å². The third-order valence-corrected chi connectivity index (χ3v) is 4.40. The summed E-state index contributed by atoms with van der Waals surface area (Å²) in [4.78, 5) is 18.2. The number of aliphatic imine (C=N–C) groups is 1. The standard InChI is InChI=1S/C21H27N7O.HI/c1-4-22-21(23-13-12-19-26-25-18-7-5-6-14-28(18)19)24-15-16-8-10-17(11-9-16)20(29)27(2)3;/h5-11,14H,4,12-13,15H2,1-3H3,(H2,22,23,24);1H.